The number of aromatic nitrogens is 2. The molecule has 0 unspecified atom stereocenters. The van der Waals surface area contributed by atoms with Crippen molar-refractivity contribution < 1.29 is 4.79 Å². The van der Waals surface area contributed by atoms with E-state index in [1.807, 2.05) is 36.9 Å². The first kappa shape index (κ1) is 15.6. The maximum atomic E-state index is 12.7. The maximum Gasteiger partial charge on any atom is 0.253 e. The van der Waals surface area contributed by atoms with Crippen LogP contribution in [0.5, 0.6) is 0 Å². The molecule has 0 spiro atoms. The van der Waals surface area contributed by atoms with E-state index in [4.69, 9.17) is 0 Å². The molecule has 1 N–H and O–H groups in total. The molecule has 1 aromatic heterocycles. The zero-order chi connectivity index (χ0) is 16.6. The van der Waals surface area contributed by atoms with Crippen LogP contribution in [0, 0.1) is 27.7 Å². The van der Waals surface area contributed by atoms with Crippen LogP contribution in [-0.2, 0) is 0 Å². The van der Waals surface area contributed by atoms with E-state index in [2.05, 4.69) is 28.9 Å². The van der Waals surface area contributed by atoms with E-state index in [9.17, 15) is 4.79 Å². The molecule has 122 valence electrons. The molecule has 0 atom stereocenters. The van der Waals surface area contributed by atoms with E-state index in [1.165, 1.54) is 16.8 Å². The van der Waals surface area contributed by atoms with E-state index in [-0.39, 0.29) is 5.91 Å². The van der Waals surface area contributed by atoms with Crippen LogP contribution in [0.1, 0.15) is 32.9 Å². The van der Waals surface area contributed by atoms with Crippen molar-refractivity contribution in [3.8, 4) is 0 Å². The van der Waals surface area contributed by atoms with Gasteiger partial charge in [0.1, 0.15) is 0 Å². The summed E-state index contributed by atoms with van der Waals surface area (Å²) >= 11 is 0. The Balaban J connectivity index is 1.69. The van der Waals surface area contributed by atoms with Crippen molar-refractivity contribution in [2.45, 2.75) is 27.7 Å². The monoisotopic (exact) mass is 312 g/mol. The highest BCUT2D eigenvalue weighted by molar-refractivity contribution is 5.94. The van der Waals surface area contributed by atoms with Gasteiger partial charge in [0.2, 0.25) is 0 Å². The molecule has 1 aromatic carbocycles. The molecule has 2 heterocycles. The molecule has 1 aliphatic heterocycles. The Kier molecular flexibility index (Phi) is 4.11. The molecule has 0 aliphatic carbocycles. The van der Waals surface area contributed by atoms with Crippen molar-refractivity contribution >= 4 is 11.6 Å². The summed E-state index contributed by atoms with van der Waals surface area (Å²) in [7, 11) is 0. The van der Waals surface area contributed by atoms with Crippen molar-refractivity contribution in [1.29, 1.82) is 0 Å². The summed E-state index contributed by atoms with van der Waals surface area (Å²) in [6.45, 7) is 11.4. The largest absolute Gasteiger partial charge is 0.365 e. The highest BCUT2D eigenvalue weighted by atomic mass is 16.2. The number of piperazine rings is 1. The Bertz CT molecular complexity index is 707. The summed E-state index contributed by atoms with van der Waals surface area (Å²) in [4.78, 5) is 16.9. The Hall–Kier alpha value is -2.30. The minimum absolute atomic E-state index is 0.133. The number of carbonyl (C=O) groups is 1. The summed E-state index contributed by atoms with van der Waals surface area (Å²) < 4.78 is 0. The second-order valence-electron chi connectivity index (χ2n) is 6.36. The van der Waals surface area contributed by atoms with Crippen LogP contribution >= 0.6 is 0 Å². The lowest BCUT2D eigenvalue weighted by atomic mass is 10.1. The van der Waals surface area contributed by atoms with Gasteiger partial charge < -0.3 is 9.80 Å². The number of nitrogens with zero attached hydrogens (tertiary/aromatic N) is 3. The van der Waals surface area contributed by atoms with Crippen molar-refractivity contribution in [2.24, 2.45) is 0 Å². The second kappa shape index (κ2) is 6.07. The maximum absolute atomic E-state index is 12.7. The minimum Gasteiger partial charge on any atom is -0.365 e. The minimum atomic E-state index is 0.133. The number of aryl methyl sites for hydroxylation is 4. The lowest BCUT2D eigenvalue weighted by molar-refractivity contribution is 0.0746. The molecule has 23 heavy (non-hydrogen) atoms. The van der Waals surface area contributed by atoms with Crippen molar-refractivity contribution in [3.63, 3.8) is 0 Å². The van der Waals surface area contributed by atoms with Crippen molar-refractivity contribution in [3.05, 3.63) is 46.3 Å². The summed E-state index contributed by atoms with van der Waals surface area (Å²) in [6, 6.07) is 5.95. The average Bonchev–Trinajstić information content (AvgIpc) is 2.88. The van der Waals surface area contributed by atoms with Crippen molar-refractivity contribution in [1.82, 2.24) is 15.1 Å². The zero-order valence-corrected chi connectivity index (χ0v) is 14.3. The number of nitrogens with one attached hydrogen (secondary N) is 1. The molecule has 3 rings (SSSR count). The average molecular weight is 312 g/mol. The fourth-order valence-electron chi connectivity index (χ4n) is 3.20. The molecular weight excluding hydrogens is 288 g/mol. The summed E-state index contributed by atoms with van der Waals surface area (Å²) in [6.07, 6.45) is 0. The van der Waals surface area contributed by atoms with Crippen molar-refractivity contribution in [2.75, 3.05) is 31.1 Å². The molecule has 0 bridgehead atoms. The Labute approximate surface area is 137 Å². The molecule has 0 saturated carbocycles. The van der Waals surface area contributed by atoms with E-state index in [1.54, 1.807) is 0 Å². The highest BCUT2D eigenvalue weighted by Gasteiger charge is 2.24. The third kappa shape index (κ3) is 2.96. The molecule has 5 nitrogen and oxygen atoms in total. The van der Waals surface area contributed by atoms with Gasteiger partial charge in [0, 0.05) is 31.7 Å². The Morgan fingerprint density at radius 2 is 1.74 bits per heavy atom. The molecule has 2 aromatic rings. The molecule has 1 saturated heterocycles. The fourth-order valence-corrected chi connectivity index (χ4v) is 3.20. The van der Waals surface area contributed by atoms with Gasteiger partial charge in [-0.25, -0.2) is 0 Å². The first-order chi connectivity index (χ1) is 11.0. The lowest BCUT2D eigenvalue weighted by Crippen LogP contribution is -2.49. The lowest BCUT2D eigenvalue weighted by Gasteiger charge is -2.36. The predicted octanol–water partition coefficient (Wildman–Crippen LogP) is 2.61. The predicted molar refractivity (Wildman–Crippen MR) is 92.1 cm³/mol. The van der Waals surface area contributed by atoms with E-state index >= 15 is 0 Å². The molecule has 1 aliphatic rings. The van der Waals surface area contributed by atoms with Crippen LogP contribution in [0.4, 0.5) is 5.69 Å². The summed E-state index contributed by atoms with van der Waals surface area (Å²) in [5, 5.41) is 7.30. The van der Waals surface area contributed by atoms with Gasteiger partial charge in [-0.2, -0.15) is 5.10 Å². The number of amides is 1. The van der Waals surface area contributed by atoms with Gasteiger partial charge in [0.25, 0.3) is 5.91 Å². The van der Waals surface area contributed by atoms with Gasteiger partial charge in [-0.3, -0.25) is 9.89 Å². The number of aromatic amines is 1. The standard InChI is InChI=1S/C18H24N4O/c1-12-5-6-16(11-13(12)2)18(23)22-9-7-21(8-10-22)17-14(3)19-20-15(17)4/h5-6,11H,7-10H2,1-4H3,(H,19,20). The number of rotatable bonds is 2. The van der Waals surface area contributed by atoms with E-state index in [0.717, 1.165) is 43.1 Å². The Morgan fingerprint density at radius 3 is 2.30 bits per heavy atom. The van der Waals surface area contributed by atoms with Gasteiger partial charge in [0.15, 0.2) is 0 Å². The van der Waals surface area contributed by atoms with E-state index in [0.29, 0.717) is 0 Å². The van der Waals surface area contributed by atoms with Gasteiger partial charge in [-0.05, 0) is 51.0 Å². The number of H-pyrrole nitrogens is 1. The van der Waals surface area contributed by atoms with Crippen LogP contribution in [0.3, 0.4) is 0 Å². The highest BCUT2D eigenvalue weighted by Crippen LogP contribution is 2.23. The van der Waals surface area contributed by atoms with Gasteiger partial charge >= 0.3 is 0 Å². The van der Waals surface area contributed by atoms with Crippen LogP contribution in [0.25, 0.3) is 0 Å². The molecule has 1 fully saturated rings. The quantitative estimate of drug-likeness (QED) is 0.927. The molecular formula is C18H24N4O. The SMILES string of the molecule is Cc1ccc(C(=O)N2CCN(c3c(C)n[nH]c3C)CC2)cc1C. The van der Waals surface area contributed by atoms with Crippen LogP contribution in [-0.4, -0.2) is 47.2 Å². The van der Waals surface area contributed by atoms with Gasteiger partial charge in [0.05, 0.1) is 17.1 Å². The number of hydrogen-bond donors (Lipinski definition) is 1. The first-order valence-electron chi connectivity index (χ1n) is 8.10. The summed E-state index contributed by atoms with van der Waals surface area (Å²) in [5.74, 6) is 0.133. The zero-order valence-electron chi connectivity index (χ0n) is 14.3. The van der Waals surface area contributed by atoms with Gasteiger partial charge in [-0.15, -0.1) is 0 Å². The molecule has 5 heteroatoms. The molecule has 1 amide bonds. The number of anilines is 1. The normalized spacial score (nSPS) is 15.1. The smallest absolute Gasteiger partial charge is 0.253 e. The van der Waals surface area contributed by atoms with Gasteiger partial charge in [-0.1, -0.05) is 6.07 Å². The number of hydrogen-bond acceptors (Lipinski definition) is 3. The van der Waals surface area contributed by atoms with Crippen LogP contribution in [0.15, 0.2) is 18.2 Å². The van der Waals surface area contributed by atoms with Crippen LogP contribution in [0.2, 0.25) is 0 Å². The third-order valence-electron chi connectivity index (χ3n) is 4.73. The van der Waals surface area contributed by atoms with E-state index < -0.39 is 0 Å². The second-order valence-corrected chi connectivity index (χ2v) is 6.36. The topological polar surface area (TPSA) is 52.2 Å². The number of benzene rings is 1. The third-order valence-corrected chi connectivity index (χ3v) is 4.73. The van der Waals surface area contributed by atoms with Crippen LogP contribution < -0.4 is 4.90 Å². The number of carbonyl (C=O) groups excluding carboxylic acids is 1. The fraction of sp³-hybridized carbons (Fsp3) is 0.444. The molecule has 0 radical (unpaired) electrons. The summed E-state index contributed by atoms with van der Waals surface area (Å²) in [5.41, 5.74) is 6.48. The Morgan fingerprint density at radius 1 is 1.04 bits per heavy atom. The first-order valence-corrected chi connectivity index (χ1v) is 8.10.